The normalized spacial score (nSPS) is 14.3. The molecule has 0 atom stereocenters. The van der Waals surface area contributed by atoms with Crippen molar-refractivity contribution in [3.8, 4) is 11.5 Å². The number of methoxy groups -OCH3 is 2. The molecule has 0 spiro atoms. The molecule has 0 bridgehead atoms. The monoisotopic (exact) mass is 279 g/mol. The molecule has 0 amide bonds. The van der Waals surface area contributed by atoms with Crippen molar-refractivity contribution in [2.75, 3.05) is 20.8 Å². The number of nitrogens with zero attached hydrogens (tertiary/aromatic N) is 1. The lowest BCUT2D eigenvalue weighted by Gasteiger charge is -2.22. The summed E-state index contributed by atoms with van der Waals surface area (Å²) in [7, 11) is 3.26. The van der Waals surface area contributed by atoms with E-state index in [0.717, 1.165) is 29.9 Å². The summed E-state index contributed by atoms with van der Waals surface area (Å²) in [6.07, 6.45) is 2.48. The number of carboxylic acids is 1. The van der Waals surface area contributed by atoms with Crippen LogP contribution in [0.1, 0.15) is 24.8 Å². The van der Waals surface area contributed by atoms with Crippen molar-refractivity contribution in [2.45, 2.75) is 31.8 Å². The van der Waals surface area contributed by atoms with Crippen LogP contribution < -0.4 is 9.47 Å². The van der Waals surface area contributed by atoms with E-state index in [9.17, 15) is 4.79 Å². The van der Waals surface area contributed by atoms with Crippen LogP contribution in [0.2, 0.25) is 0 Å². The lowest BCUT2D eigenvalue weighted by Crippen LogP contribution is -2.28. The Kier molecular flexibility index (Phi) is 4.84. The predicted octanol–water partition coefficient (Wildman–Crippen LogP) is 2.14. The number of hydrogen-bond donors (Lipinski definition) is 1. The summed E-state index contributed by atoms with van der Waals surface area (Å²) in [6.45, 7) is 1.29. The Labute approximate surface area is 119 Å². The highest BCUT2D eigenvalue weighted by atomic mass is 16.5. The van der Waals surface area contributed by atoms with Crippen molar-refractivity contribution in [3.63, 3.8) is 0 Å². The molecule has 0 aromatic heterocycles. The van der Waals surface area contributed by atoms with E-state index in [1.165, 1.54) is 0 Å². The molecule has 1 saturated carbocycles. The maximum atomic E-state index is 10.7. The zero-order valence-corrected chi connectivity index (χ0v) is 12.0. The molecule has 5 nitrogen and oxygen atoms in total. The van der Waals surface area contributed by atoms with Crippen LogP contribution in [0.25, 0.3) is 0 Å². The molecule has 1 aliphatic carbocycles. The predicted molar refractivity (Wildman–Crippen MR) is 75.2 cm³/mol. The van der Waals surface area contributed by atoms with Gasteiger partial charge < -0.3 is 14.6 Å². The highest BCUT2D eigenvalue weighted by Crippen LogP contribution is 2.31. The highest BCUT2D eigenvalue weighted by Gasteiger charge is 2.29. The van der Waals surface area contributed by atoms with Crippen molar-refractivity contribution in [1.82, 2.24) is 4.90 Å². The lowest BCUT2D eigenvalue weighted by atomic mass is 10.1. The molecule has 2 rings (SSSR count). The van der Waals surface area contributed by atoms with Gasteiger partial charge in [-0.3, -0.25) is 9.69 Å². The number of ether oxygens (including phenoxy) is 2. The van der Waals surface area contributed by atoms with Crippen LogP contribution in [0.4, 0.5) is 0 Å². The summed E-state index contributed by atoms with van der Waals surface area (Å²) >= 11 is 0. The van der Waals surface area contributed by atoms with Gasteiger partial charge in [-0.15, -0.1) is 0 Å². The van der Waals surface area contributed by atoms with Crippen molar-refractivity contribution in [2.24, 2.45) is 0 Å². The van der Waals surface area contributed by atoms with E-state index in [1.54, 1.807) is 14.2 Å². The van der Waals surface area contributed by atoms with E-state index in [1.807, 2.05) is 18.2 Å². The van der Waals surface area contributed by atoms with Crippen LogP contribution in [-0.4, -0.2) is 42.8 Å². The third kappa shape index (κ3) is 3.87. The average molecular weight is 279 g/mol. The second-order valence-corrected chi connectivity index (χ2v) is 5.02. The molecule has 1 aliphatic rings. The van der Waals surface area contributed by atoms with Gasteiger partial charge in [0.1, 0.15) is 11.5 Å². The minimum atomic E-state index is -0.752. The van der Waals surface area contributed by atoms with Gasteiger partial charge in [-0.1, -0.05) is 6.07 Å². The second-order valence-electron chi connectivity index (χ2n) is 5.02. The van der Waals surface area contributed by atoms with Crippen LogP contribution >= 0.6 is 0 Å². The molecule has 5 heteroatoms. The molecule has 0 saturated heterocycles. The van der Waals surface area contributed by atoms with E-state index in [0.29, 0.717) is 19.1 Å². The summed E-state index contributed by atoms with van der Waals surface area (Å²) in [5, 5.41) is 8.83. The first-order valence-electron chi connectivity index (χ1n) is 6.80. The van der Waals surface area contributed by atoms with Crippen LogP contribution in [0.5, 0.6) is 11.5 Å². The fourth-order valence-corrected chi connectivity index (χ4v) is 2.27. The first kappa shape index (κ1) is 14.7. The van der Waals surface area contributed by atoms with Gasteiger partial charge in [0.05, 0.1) is 20.6 Å². The lowest BCUT2D eigenvalue weighted by molar-refractivity contribution is -0.137. The van der Waals surface area contributed by atoms with Gasteiger partial charge in [-0.25, -0.2) is 0 Å². The Bertz CT molecular complexity index is 471. The molecule has 20 heavy (non-hydrogen) atoms. The quantitative estimate of drug-likeness (QED) is 0.790. The van der Waals surface area contributed by atoms with Crippen LogP contribution in [0.15, 0.2) is 18.2 Å². The molecule has 1 aromatic rings. The van der Waals surface area contributed by atoms with Gasteiger partial charge in [0.15, 0.2) is 0 Å². The standard InChI is InChI=1S/C15H21NO4/c1-19-13-6-3-11(14(9-13)20-2)10-16(12-4-5-12)8-7-15(17)18/h3,6,9,12H,4-5,7-8,10H2,1-2H3,(H,17,18). The Balaban J connectivity index is 2.07. The van der Waals surface area contributed by atoms with Gasteiger partial charge >= 0.3 is 5.97 Å². The van der Waals surface area contributed by atoms with E-state index in [2.05, 4.69) is 4.90 Å². The number of rotatable bonds is 8. The van der Waals surface area contributed by atoms with Crippen molar-refractivity contribution < 1.29 is 19.4 Å². The van der Waals surface area contributed by atoms with E-state index < -0.39 is 5.97 Å². The minimum Gasteiger partial charge on any atom is -0.497 e. The summed E-state index contributed by atoms with van der Waals surface area (Å²) < 4.78 is 10.6. The summed E-state index contributed by atoms with van der Waals surface area (Å²) in [6, 6.07) is 6.26. The molecule has 0 radical (unpaired) electrons. The Morgan fingerprint density at radius 2 is 2.10 bits per heavy atom. The fraction of sp³-hybridized carbons (Fsp3) is 0.533. The summed E-state index contributed by atoms with van der Waals surface area (Å²) in [5.74, 6) is 0.789. The third-order valence-electron chi connectivity index (χ3n) is 3.54. The van der Waals surface area contributed by atoms with E-state index in [-0.39, 0.29) is 6.42 Å². The molecule has 1 N–H and O–H groups in total. The molecule has 0 aliphatic heterocycles. The summed E-state index contributed by atoms with van der Waals surface area (Å²) in [5.41, 5.74) is 1.06. The fourth-order valence-electron chi connectivity index (χ4n) is 2.27. The van der Waals surface area contributed by atoms with Crippen LogP contribution in [-0.2, 0) is 11.3 Å². The molecule has 110 valence electrons. The molecule has 0 unspecified atom stereocenters. The first-order chi connectivity index (χ1) is 9.63. The van der Waals surface area contributed by atoms with Gasteiger partial charge in [0, 0.05) is 30.8 Å². The molecule has 0 heterocycles. The van der Waals surface area contributed by atoms with Crippen LogP contribution in [0, 0.1) is 0 Å². The smallest absolute Gasteiger partial charge is 0.304 e. The highest BCUT2D eigenvalue weighted by molar-refractivity contribution is 5.66. The van der Waals surface area contributed by atoms with E-state index >= 15 is 0 Å². The molecule has 1 aromatic carbocycles. The molecule has 1 fully saturated rings. The summed E-state index contributed by atoms with van der Waals surface area (Å²) in [4.78, 5) is 13.0. The number of benzene rings is 1. The maximum absolute atomic E-state index is 10.7. The van der Waals surface area contributed by atoms with Crippen molar-refractivity contribution >= 4 is 5.97 Å². The number of hydrogen-bond acceptors (Lipinski definition) is 4. The Morgan fingerprint density at radius 3 is 2.65 bits per heavy atom. The number of carbonyl (C=O) groups is 1. The number of aliphatic carboxylic acids is 1. The van der Waals surface area contributed by atoms with Gasteiger partial charge in [0.25, 0.3) is 0 Å². The van der Waals surface area contributed by atoms with Gasteiger partial charge in [-0.05, 0) is 18.9 Å². The zero-order valence-electron chi connectivity index (χ0n) is 12.0. The zero-order chi connectivity index (χ0) is 14.5. The average Bonchev–Trinajstić information content (AvgIpc) is 3.27. The molecular weight excluding hydrogens is 258 g/mol. The van der Waals surface area contributed by atoms with Gasteiger partial charge in [0.2, 0.25) is 0 Å². The largest absolute Gasteiger partial charge is 0.497 e. The minimum absolute atomic E-state index is 0.176. The first-order valence-corrected chi connectivity index (χ1v) is 6.80. The third-order valence-corrected chi connectivity index (χ3v) is 3.54. The van der Waals surface area contributed by atoms with Crippen molar-refractivity contribution in [1.29, 1.82) is 0 Å². The number of carboxylic acid groups (broad SMARTS) is 1. The van der Waals surface area contributed by atoms with E-state index in [4.69, 9.17) is 14.6 Å². The molecular formula is C15H21NO4. The SMILES string of the molecule is COc1ccc(CN(CCC(=O)O)C2CC2)c(OC)c1. The Hall–Kier alpha value is -1.75. The maximum Gasteiger partial charge on any atom is 0.304 e. The van der Waals surface area contributed by atoms with Crippen LogP contribution in [0.3, 0.4) is 0 Å². The second kappa shape index (κ2) is 6.61. The topological polar surface area (TPSA) is 59.0 Å². The van der Waals surface area contributed by atoms with Gasteiger partial charge in [-0.2, -0.15) is 0 Å². The Morgan fingerprint density at radius 1 is 1.35 bits per heavy atom. The van der Waals surface area contributed by atoms with Crippen molar-refractivity contribution in [3.05, 3.63) is 23.8 Å².